The van der Waals surface area contributed by atoms with E-state index in [1.54, 1.807) is 0 Å². The molecular formula is C13H22BrNO2. The third kappa shape index (κ3) is 3.44. The van der Waals surface area contributed by atoms with Gasteiger partial charge in [-0.2, -0.15) is 0 Å². The summed E-state index contributed by atoms with van der Waals surface area (Å²) < 4.78 is 5.43. The highest BCUT2D eigenvalue weighted by Gasteiger charge is 2.30. The molecule has 4 heteroatoms. The molecule has 1 aliphatic carbocycles. The van der Waals surface area contributed by atoms with Gasteiger partial charge in [-0.3, -0.25) is 4.79 Å². The second-order valence-corrected chi connectivity index (χ2v) is 6.07. The molecule has 1 N–H and O–H groups in total. The van der Waals surface area contributed by atoms with Crippen LogP contribution in [0.2, 0.25) is 0 Å². The molecular weight excluding hydrogens is 282 g/mol. The number of carbonyl (C=O) groups is 1. The molecule has 0 aromatic rings. The number of rotatable bonds is 4. The Labute approximate surface area is 112 Å². The molecule has 1 heterocycles. The standard InChI is InChI=1S/C13H22BrNO2/c1-9-5-12(8-17-9)13(16)15-7-11-4-2-3-10(11)6-14/h9-12H,2-8H2,1H3,(H,15,16). The lowest BCUT2D eigenvalue weighted by Gasteiger charge is -2.18. The minimum Gasteiger partial charge on any atom is -0.378 e. The van der Waals surface area contributed by atoms with E-state index in [1.807, 2.05) is 6.92 Å². The normalized spacial score (nSPS) is 37.3. The monoisotopic (exact) mass is 303 g/mol. The van der Waals surface area contributed by atoms with Crippen LogP contribution in [0, 0.1) is 17.8 Å². The van der Waals surface area contributed by atoms with E-state index in [-0.39, 0.29) is 17.9 Å². The van der Waals surface area contributed by atoms with E-state index in [4.69, 9.17) is 4.74 Å². The summed E-state index contributed by atoms with van der Waals surface area (Å²) in [6, 6.07) is 0. The SMILES string of the molecule is CC1CC(C(=O)NCC2CCCC2CBr)CO1. The Hall–Kier alpha value is -0.0900. The molecule has 1 amide bonds. The highest BCUT2D eigenvalue weighted by Crippen LogP contribution is 2.32. The molecule has 0 aromatic carbocycles. The Morgan fingerprint density at radius 3 is 2.82 bits per heavy atom. The third-order valence-electron chi connectivity index (χ3n) is 4.12. The summed E-state index contributed by atoms with van der Waals surface area (Å²) >= 11 is 3.57. The number of halogens is 1. The van der Waals surface area contributed by atoms with Crippen molar-refractivity contribution in [1.82, 2.24) is 5.32 Å². The third-order valence-corrected chi connectivity index (χ3v) is 4.95. The summed E-state index contributed by atoms with van der Waals surface area (Å²) in [5, 5.41) is 4.18. The fraction of sp³-hybridized carbons (Fsp3) is 0.923. The van der Waals surface area contributed by atoms with Crippen LogP contribution in [0.25, 0.3) is 0 Å². The molecule has 0 spiro atoms. The Morgan fingerprint density at radius 1 is 1.41 bits per heavy atom. The number of amides is 1. The smallest absolute Gasteiger partial charge is 0.225 e. The van der Waals surface area contributed by atoms with E-state index in [2.05, 4.69) is 21.2 Å². The molecule has 0 radical (unpaired) electrons. The van der Waals surface area contributed by atoms with Crippen LogP contribution >= 0.6 is 15.9 Å². The van der Waals surface area contributed by atoms with Crippen molar-refractivity contribution < 1.29 is 9.53 Å². The van der Waals surface area contributed by atoms with Gasteiger partial charge in [0.1, 0.15) is 0 Å². The zero-order valence-electron chi connectivity index (χ0n) is 10.5. The molecule has 0 bridgehead atoms. The zero-order chi connectivity index (χ0) is 12.3. The number of carbonyl (C=O) groups excluding carboxylic acids is 1. The van der Waals surface area contributed by atoms with Crippen molar-refractivity contribution in [3.05, 3.63) is 0 Å². The van der Waals surface area contributed by atoms with Gasteiger partial charge >= 0.3 is 0 Å². The number of ether oxygens (including phenoxy) is 1. The van der Waals surface area contributed by atoms with Crippen LogP contribution in [0.4, 0.5) is 0 Å². The molecule has 4 unspecified atom stereocenters. The van der Waals surface area contributed by atoms with Crippen LogP contribution in [0.15, 0.2) is 0 Å². The molecule has 98 valence electrons. The van der Waals surface area contributed by atoms with Crippen molar-refractivity contribution in [2.24, 2.45) is 17.8 Å². The largest absolute Gasteiger partial charge is 0.378 e. The topological polar surface area (TPSA) is 38.3 Å². The van der Waals surface area contributed by atoms with Crippen LogP contribution in [0.1, 0.15) is 32.6 Å². The summed E-state index contributed by atoms with van der Waals surface area (Å²) in [7, 11) is 0. The lowest BCUT2D eigenvalue weighted by molar-refractivity contribution is -0.125. The molecule has 2 fully saturated rings. The highest BCUT2D eigenvalue weighted by atomic mass is 79.9. The van der Waals surface area contributed by atoms with E-state index < -0.39 is 0 Å². The molecule has 3 nitrogen and oxygen atoms in total. The van der Waals surface area contributed by atoms with Crippen molar-refractivity contribution in [2.75, 3.05) is 18.5 Å². The lowest BCUT2D eigenvalue weighted by atomic mass is 9.97. The predicted molar refractivity (Wildman–Crippen MR) is 71.2 cm³/mol. The van der Waals surface area contributed by atoms with Gasteiger partial charge in [-0.1, -0.05) is 22.4 Å². The molecule has 1 aliphatic heterocycles. The Bertz CT molecular complexity index is 272. The van der Waals surface area contributed by atoms with Gasteiger partial charge in [0.2, 0.25) is 5.91 Å². The van der Waals surface area contributed by atoms with Gasteiger partial charge in [-0.05, 0) is 38.0 Å². The first-order valence-electron chi connectivity index (χ1n) is 6.66. The number of alkyl halides is 1. The highest BCUT2D eigenvalue weighted by molar-refractivity contribution is 9.09. The molecule has 1 saturated carbocycles. The van der Waals surface area contributed by atoms with Gasteiger partial charge in [0.25, 0.3) is 0 Å². The zero-order valence-corrected chi connectivity index (χ0v) is 12.0. The summed E-state index contributed by atoms with van der Waals surface area (Å²) in [5.74, 6) is 1.68. The average molecular weight is 304 g/mol. The minimum absolute atomic E-state index is 0.0776. The minimum atomic E-state index is 0.0776. The maximum Gasteiger partial charge on any atom is 0.225 e. The van der Waals surface area contributed by atoms with Crippen molar-refractivity contribution in [1.29, 1.82) is 0 Å². The lowest BCUT2D eigenvalue weighted by Crippen LogP contribution is -2.35. The van der Waals surface area contributed by atoms with Crippen LogP contribution in [0.5, 0.6) is 0 Å². The van der Waals surface area contributed by atoms with E-state index in [9.17, 15) is 4.79 Å². The second kappa shape index (κ2) is 6.19. The second-order valence-electron chi connectivity index (χ2n) is 5.43. The maximum absolute atomic E-state index is 11.9. The van der Waals surface area contributed by atoms with Gasteiger partial charge in [-0.15, -0.1) is 0 Å². The Kier molecular flexibility index (Phi) is 4.86. The number of nitrogens with one attached hydrogen (secondary N) is 1. The molecule has 0 aromatic heterocycles. The van der Waals surface area contributed by atoms with Gasteiger partial charge in [0, 0.05) is 11.9 Å². The number of hydrogen-bond acceptors (Lipinski definition) is 2. The van der Waals surface area contributed by atoms with Gasteiger partial charge in [0.05, 0.1) is 18.6 Å². The van der Waals surface area contributed by atoms with Crippen molar-refractivity contribution in [3.63, 3.8) is 0 Å². The number of hydrogen-bond donors (Lipinski definition) is 1. The van der Waals surface area contributed by atoms with E-state index >= 15 is 0 Å². The van der Waals surface area contributed by atoms with Crippen LogP contribution < -0.4 is 5.32 Å². The fourth-order valence-corrected chi connectivity index (χ4v) is 3.81. The maximum atomic E-state index is 11.9. The Morgan fingerprint density at radius 2 is 2.18 bits per heavy atom. The van der Waals surface area contributed by atoms with E-state index in [1.165, 1.54) is 19.3 Å². The fourth-order valence-electron chi connectivity index (χ4n) is 2.96. The van der Waals surface area contributed by atoms with Crippen LogP contribution in [-0.2, 0) is 9.53 Å². The summed E-state index contributed by atoms with van der Waals surface area (Å²) in [6.45, 7) is 3.48. The molecule has 17 heavy (non-hydrogen) atoms. The predicted octanol–water partition coefficient (Wildman–Crippen LogP) is 2.34. The summed E-state index contributed by atoms with van der Waals surface area (Å²) in [6.07, 6.45) is 4.98. The Balaban J connectivity index is 1.72. The van der Waals surface area contributed by atoms with Crippen molar-refractivity contribution >= 4 is 21.8 Å². The summed E-state index contributed by atoms with van der Waals surface area (Å²) in [4.78, 5) is 11.9. The average Bonchev–Trinajstić information content (AvgIpc) is 2.94. The molecule has 2 aliphatic rings. The van der Waals surface area contributed by atoms with Crippen LogP contribution in [0.3, 0.4) is 0 Å². The summed E-state index contributed by atoms with van der Waals surface area (Å²) in [5.41, 5.74) is 0. The molecule has 2 rings (SSSR count). The van der Waals surface area contributed by atoms with Gasteiger partial charge in [-0.25, -0.2) is 0 Å². The van der Waals surface area contributed by atoms with Crippen LogP contribution in [-0.4, -0.2) is 30.5 Å². The van der Waals surface area contributed by atoms with Gasteiger partial charge in [0.15, 0.2) is 0 Å². The van der Waals surface area contributed by atoms with E-state index in [0.717, 1.165) is 24.2 Å². The van der Waals surface area contributed by atoms with E-state index in [0.29, 0.717) is 12.5 Å². The first kappa shape index (κ1) is 13.3. The van der Waals surface area contributed by atoms with Crippen molar-refractivity contribution in [2.45, 2.75) is 38.7 Å². The first-order chi connectivity index (χ1) is 8.20. The molecule has 1 saturated heterocycles. The quantitative estimate of drug-likeness (QED) is 0.810. The van der Waals surface area contributed by atoms with Gasteiger partial charge < -0.3 is 10.1 Å². The first-order valence-corrected chi connectivity index (χ1v) is 7.78. The molecule has 4 atom stereocenters. The van der Waals surface area contributed by atoms with Crippen molar-refractivity contribution in [3.8, 4) is 0 Å².